The van der Waals surface area contributed by atoms with Crippen LogP contribution in [0, 0.1) is 12.7 Å². The van der Waals surface area contributed by atoms with Crippen LogP contribution in [0.5, 0.6) is 0 Å². The molecule has 1 N–H and O–H groups in total. The maximum atomic E-state index is 13.7. The minimum atomic E-state index is -4.62. The van der Waals surface area contributed by atoms with Crippen LogP contribution in [0.15, 0.2) is 36.7 Å². The first-order valence-corrected chi connectivity index (χ1v) is 8.90. The number of fused-ring (bicyclic) bond motifs is 1. The van der Waals surface area contributed by atoms with Crippen molar-refractivity contribution in [3.8, 4) is 5.69 Å². The molecule has 0 bridgehead atoms. The van der Waals surface area contributed by atoms with E-state index in [-0.39, 0.29) is 17.9 Å². The molecule has 2 aromatic heterocycles. The van der Waals surface area contributed by atoms with E-state index in [2.05, 4.69) is 15.4 Å². The zero-order valence-electron chi connectivity index (χ0n) is 15.3. The minimum Gasteiger partial charge on any atom is -0.352 e. The molecule has 1 amide bonds. The molecule has 0 saturated heterocycles. The van der Waals surface area contributed by atoms with E-state index in [1.807, 2.05) is 0 Å². The van der Waals surface area contributed by atoms with E-state index in [1.54, 1.807) is 23.9 Å². The van der Waals surface area contributed by atoms with Gasteiger partial charge in [0.2, 0.25) is 0 Å². The fraction of sp³-hybridized carbons (Fsp3) is 0.250. The molecular formula is C20H16F4N4O. The number of carbonyl (C=O) groups excluding carboxylic acids is 1. The van der Waals surface area contributed by atoms with E-state index in [4.69, 9.17) is 0 Å². The number of halogens is 4. The fourth-order valence-electron chi connectivity index (χ4n) is 3.54. The molecule has 3 heterocycles. The Morgan fingerprint density at radius 2 is 1.93 bits per heavy atom. The number of alkyl halides is 3. The molecule has 0 spiro atoms. The number of pyridine rings is 1. The number of hydrogen-bond acceptors (Lipinski definition) is 3. The Hall–Kier alpha value is -3.23. The van der Waals surface area contributed by atoms with Crippen LogP contribution in [0.4, 0.5) is 17.6 Å². The van der Waals surface area contributed by atoms with Crippen molar-refractivity contribution >= 4 is 5.91 Å². The molecule has 0 radical (unpaired) electrons. The monoisotopic (exact) mass is 404 g/mol. The first kappa shape index (κ1) is 19.1. The van der Waals surface area contributed by atoms with Crippen molar-refractivity contribution in [1.82, 2.24) is 20.1 Å². The number of nitrogens with one attached hydrogen (secondary N) is 1. The first-order chi connectivity index (χ1) is 13.7. The SMILES string of the molecule is Cc1nn(-c2cncc(Cc3cc(F)cc(C(F)(F)F)c3)c2)c2c1C(=O)NCC2. The van der Waals surface area contributed by atoms with Crippen LogP contribution in [-0.4, -0.2) is 27.2 Å². The lowest BCUT2D eigenvalue weighted by atomic mass is 10.0. The number of hydrogen-bond donors (Lipinski definition) is 1. The second-order valence-electron chi connectivity index (χ2n) is 6.90. The largest absolute Gasteiger partial charge is 0.416 e. The van der Waals surface area contributed by atoms with Crippen LogP contribution in [0.3, 0.4) is 0 Å². The number of rotatable bonds is 3. The molecule has 9 heteroatoms. The number of amides is 1. The van der Waals surface area contributed by atoms with Crippen molar-refractivity contribution < 1.29 is 22.4 Å². The van der Waals surface area contributed by atoms with Crippen molar-refractivity contribution in [2.24, 2.45) is 0 Å². The molecule has 1 aliphatic rings. The highest BCUT2D eigenvalue weighted by Crippen LogP contribution is 2.31. The van der Waals surface area contributed by atoms with Gasteiger partial charge in [0, 0.05) is 19.2 Å². The van der Waals surface area contributed by atoms with Gasteiger partial charge in [0.25, 0.3) is 5.91 Å². The molecule has 4 rings (SSSR count). The Labute approximate surface area is 163 Å². The summed E-state index contributed by atoms with van der Waals surface area (Å²) in [6.45, 7) is 2.23. The highest BCUT2D eigenvalue weighted by molar-refractivity contribution is 5.97. The van der Waals surface area contributed by atoms with Crippen molar-refractivity contribution in [3.05, 3.63) is 76.1 Å². The Balaban J connectivity index is 1.69. The van der Waals surface area contributed by atoms with Gasteiger partial charge in [0.05, 0.1) is 34.4 Å². The number of aromatic nitrogens is 3. The summed E-state index contributed by atoms with van der Waals surface area (Å²) in [7, 11) is 0. The van der Waals surface area contributed by atoms with Gasteiger partial charge in [0.1, 0.15) is 5.82 Å². The number of carbonyl (C=O) groups is 1. The fourth-order valence-corrected chi connectivity index (χ4v) is 3.54. The number of nitrogens with zero attached hydrogens (tertiary/aromatic N) is 3. The Morgan fingerprint density at radius 3 is 2.69 bits per heavy atom. The van der Waals surface area contributed by atoms with Gasteiger partial charge in [0.15, 0.2) is 0 Å². The predicted octanol–water partition coefficient (Wildman–Crippen LogP) is 3.61. The highest BCUT2D eigenvalue weighted by atomic mass is 19.4. The third kappa shape index (κ3) is 3.72. The van der Waals surface area contributed by atoms with E-state index in [0.29, 0.717) is 41.5 Å². The molecule has 0 aliphatic carbocycles. The summed E-state index contributed by atoms with van der Waals surface area (Å²) in [5.41, 5.74) is 2.23. The van der Waals surface area contributed by atoms with Crippen LogP contribution in [0.25, 0.3) is 5.69 Å². The summed E-state index contributed by atoms with van der Waals surface area (Å²) < 4.78 is 54.1. The van der Waals surface area contributed by atoms with Gasteiger partial charge in [-0.1, -0.05) is 0 Å². The van der Waals surface area contributed by atoms with Gasteiger partial charge in [-0.3, -0.25) is 9.78 Å². The molecule has 150 valence electrons. The third-order valence-corrected chi connectivity index (χ3v) is 4.75. The lowest BCUT2D eigenvalue weighted by Gasteiger charge is -2.15. The topological polar surface area (TPSA) is 59.8 Å². The van der Waals surface area contributed by atoms with Crippen molar-refractivity contribution in [2.45, 2.75) is 25.9 Å². The molecule has 5 nitrogen and oxygen atoms in total. The van der Waals surface area contributed by atoms with E-state index in [9.17, 15) is 22.4 Å². The predicted molar refractivity (Wildman–Crippen MR) is 96.3 cm³/mol. The second-order valence-corrected chi connectivity index (χ2v) is 6.90. The molecule has 29 heavy (non-hydrogen) atoms. The Bertz CT molecular complexity index is 1100. The number of benzene rings is 1. The smallest absolute Gasteiger partial charge is 0.352 e. The molecule has 0 fully saturated rings. The van der Waals surface area contributed by atoms with Crippen molar-refractivity contribution in [3.63, 3.8) is 0 Å². The van der Waals surface area contributed by atoms with Crippen LogP contribution >= 0.6 is 0 Å². The van der Waals surface area contributed by atoms with Gasteiger partial charge in [-0.15, -0.1) is 0 Å². The van der Waals surface area contributed by atoms with Gasteiger partial charge >= 0.3 is 6.18 Å². The van der Waals surface area contributed by atoms with Crippen LogP contribution in [0.2, 0.25) is 0 Å². The quantitative estimate of drug-likeness (QED) is 0.679. The van der Waals surface area contributed by atoms with Crippen LogP contribution in [0.1, 0.15) is 38.4 Å². The van der Waals surface area contributed by atoms with E-state index >= 15 is 0 Å². The minimum absolute atomic E-state index is 0.0740. The highest BCUT2D eigenvalue weighted by Gasteiger charge is 2.31. The molecule has 1 aliphatic heterocycles. The zero-order chi connectivity index (χ0) is 20.8. The van der Waals surface area contributed by atoms with Crippen molar-refractivity contribution in [2.75, 3.05) is 6.54 Å². The average Bonchev–Trinajstić information content (AvgIpc) is 2.99. The van der Waals surface area contributed by atoms with Gasteiger partial charge < -0.3 is 5.32 Å². The molecular weight excluding hydrogens is 388 g/mol. The van der Waals surface area contributed by atoms with Crippen LogP contribution in [-0.2, 0) is 19.0 Å². The van der Waals surface area contributed by atoms with Gasteiger partial charge in [-0.05, 0) is 48.7 Å². The van der Waals surface area contributed by atoms with E-state index < -0.39 is 17.6 Å². The third-order valence-electron chi connectivity index (χ3n) is 4.75. The number of aryl methyl sites for hydroxylation is 1. The average molecular weight is 404 g/mol. The molecule has 0 saturated carbocycles. The Morgan fingerprint density at radius 1 is 1.14 bits per heavy atom. The van der Waals surface area contributed by atoms with Gasteiger partial charge in [-0.2, -0.15) is 18.3 Å². The standard InChI is InChI=1S/C20H16F4N4O/c1-11-18-17(2-3-26-19(18)29)28(27-11)16-7-13(9-25-10-16)4-12-5-14(20(22,23)24)8-15(21)6-12/h5-10H,2-4H2,1H3,(H,26,29). The van der Waals surface area contributed by atoms with Crippen LogP contribution < -0.4 is 5.32 Å². The summed E-state index contributed by atoms with van der Waals surface area (Å²) >= 11 is 0. The Kier molecular flexibility index (Phi) is 4.60. The summed E-state index contributed by atoms with van der Waals surface area (Å²) in [6, 6.07) is 4.21. The normalized spacial score (nSPS) is 13.9. The molecule has 0 atom stereocenters. The zero-order valence-corrected chi connectivity index (χ0v) is 15.3. The summed E-state index contributed by atoms with van der Waals surface area (Å²) in [5, 5.41) is 7.20. The molecule has 0 unspecified atom stereocenters. The summed E-state index contributed by atoms with van der Waals surface area (Å²) in [6.07, 6.45) is -0.870. The van der Waals surface area contributed by atoms with Crippen molar-refractivity contribution in [1.29, 1.82) is 0 Å². The molecule has 3 aromatic rings. The summed E-state index contributed by atoms with van der Waals surface area (Å²) in [5.74, 6) is -1.12. The van der Waals surface area contributed by atoms with E-state index in [1.165, 1.54) is 6.20 Å². The van der Waals surface area contributed by atoms with E-state index in [0.717, 1.165) is 17.8 Å². The lowest BCUT2D eigenvalue weighted by molar-refractivity contribution is -0.137. The second kappa shape index (κ2) is 6.98. The maximum absolute atomic E-state index is 13.7. The maximum Gasteiger partial charge on any atom is 0.416 e. The molecule has 1 aromatic carbocycles. The summed E-state index contributed by atoms with van der Waals surface area (Å²) in [4.78, 5) is 16.2. The lowest BCUT2D eigenvalue weighted by Crippen LogP contribution is -2.32. The van der Waals surface area contributed by atoms with Gasteiger partial charge in [-0.25, -0.2) is 9.07 Å². The first-order valence-electron chi connectivity index (χ1n) is 8.90.